The molecule has 1 saturated heterocycles. The quantitative estimate of drug-likeness (QED) is 0.850. The fourth-order valence-corrected chi connectivity index (χ4v) is 2.61. The summed E-state index contributed by atoms with van der Waals surface area (Å²) in [6, 6.07) is 7.46. The van der Waals surface area contributed by atoms with Crippen molar-refractivity contribution in [3.8, 4) is 5.75 Å². The van der Waals surface area contributed by atoms with E-state index in [9.17, 15) is 4.79 Å². The van der Waals surface area contributed by atoms with Gasteiger partial charge in [-0.1, -0.05) is 13.0 Å². The van der Waals surface area contributed by atoms with Crippen molar-refractivity contribution in [2.24, 2.45) is 5.92 Å². The molecule has 0 bridgehead atoms. The molecule has 2 N–H and O–H groups in total. The van der Waals surface area contributed by atoms with Gasteiger partial charge in [-0.15, -0.1) is 0 Å². The van der Waals surface area contributed by atoms with E-state index in [1.54, 1.807) is 12.1 Å². The number of likely N-dealkylation sites (tertiary alicyclic amines) is 1. The first kappa shape index (κ1) is 13.7. The predicted octanol–water partition coefficient (Wildman–Crippen LogP) is 2.29. The Morgan fingerprint density at radius 2 is 2.26 bits per heavy atom. The molecule has 0 aliphatic carbocycles. The van der Waals surface area contributed by atoms with E-state index in [1.165, 1.54) is 0 Å². The summed E-state index contributed by atoms with van der Waals surface area (Å²) in [7, 11) is 0. The van der Waals surface area contributed by atoms with E-state index in [0.717, 1.165) is 19.4 Å². The average molecular weight is 262 g/mol. The number of carbonyl (C=O) groups is 1. The third-order valence-electron chi connectivity index (χ3n) is 3.68. The van der Waals surface area contributed by atoms with Crippen molar-refractivity contribution < 1.29 is 9.53 Å². The maximum atomic E-state index is 12.1. The highest BCUT2D eigenvalue weighted by molar-refractivity contribution is 5.78. The highest BCUT2D eigenvalue weighted by Crippen LogP contribution is 2.22. The van der Waals surface area contributed by atoms with Crippen molar-refractivity contribution in [1.29, 1.82) is 0 Å². The van der Waals surface area contributed by atoms with Crippen LogP contribution in [0.5, 0.6) is 5.75 Å². The maximum absolute atomic E-state index is 12.1. The summed E-state index contributed by atoms with van der Waals surface area (Å²) >= 11 is 0. The zero-order valence-corrected chi connectivity index (χ0v) is 11.6. The second kappa shape index (κ2) is 5.95. The normalized spacial score (nSPS) is 23.2. The van der Waals surface area contributed by atoms with Crippen LogP contribution < -0.4 is 10.5 Å². The van der Waals surface area contributed by atoms with Gasteiger partial charge in [-0.05, 0) is 37.8 Å². The predicted molar refractivity (Wildman–Crippen MR) is 75.9 cm³/mol. The molecule has 0 spiro atoms. The number of carbonyl (C=O) groups excluding carboxylic acids is 1. The minimum absolute atomic E-state index is 0.0572. The Balaban J connectivity index is 1.87. The SMILES string of the molecule is CC1CCN(C(=O)COc2cccc(N)c2)C(C)C1. The van der Waals surface area contributed by atoms with Gasteiger partial charge in [0.15, 0.2) is 6.61 Å². The van der Waals surface area contributed by atoms with Crippen LogP contribution >= 0.6 is 0 Å². The number of rotatable bonds is 3. The molecule has 1 aromatic carbocycles. The van der Waals surface area contributed by atoms with Crippen LogP contribution in [0.2, 0.25) is 0 Å². The average Bonchev–Trinajstić information content (AvgIpc) is 2.36. The molecular weight excluding hydrogens is 240 g/mol. The van der Waals surface area contributed by atoms with Crippen LogP contribution in [0.4, 0.5) is 5.69 Å². The molecule has 1 aliphatic heterocycles. The molecule has 2 unspecified atom stereocenters. The highest BCUT2D eigenvalue weighted by Gasteiger charge is 2.26. The molecule has 0 saturated carbocycles. The second-order valence-corrected chi connectivity index (χ2v) is 5.43. The van der Waals surface area contributed by atoms with Gasteiger partial charge < -0.3 is 15.4 Å². The van der Waals surface area contributed by atoms with Crippen LogP contribution in [0.15, 0.2) is 24.3 Å². The number of benzene rings is 1. The largest absolute Gasteiger partial charge is 0.484 e. The lowest BCUT2D eigenvalue weighted by Gasteiger charge is -2.36. The van der Waals surface area contributed by atoms with Gasteiger partial charge in [-0.3, -0.25) is 4.79 Å². The number of nitrogen functional groups attached to an aromatic ring is 1. The van der Waals surface area contributed by atoms with Gasteiger partial charge in [0.2, 0.25) is 0 Å². The summed E-state index contributed by atoms with van der Waals surface area (Å²) in [6.07, 6.45) is 2.15. The molecule has 0 radical (unpaired) electrons. The molecule has 1 aliphatic rings. The van der Waals surface area contributed by atoms with E-state index in [2.05, 4.69) is 13.8 Å². The Hall–Kier alpha value is -1.71. The molecule has 1 fully saturated rings. The third kappa shape index (κ3) is 3.63. The number of hydrogen-bond donors (Lipinski definition) is 1. The number of nitrogens with zero attached hydrogens (tertiary/aromatic N) is 1. The van der Waals surface area contributed by atoms with Gasteiger partial charge in [0, 0.05) is 24.3 Å². The van der Waals surface area contributed by atoms with E-state index >= 15 is 0 Å². The van der Waals surface area contributed by atoms with Crippen LogP contribution in [0.1, 0.15) is 26.7 Å². The number of amides is 1. The van der Waals surface area contributed by atoms with Gasteiger partial charge in [0.25, 0.3) is 5.91 Å². The van der Waals surface area contributed by atoms with Gasteiger partial charge in [-0.25, -0.2) is 0 Å². The summed E-state index contributed by atoms with van der Waals surface area (Å²) in [6.45, 7) is 5.26. The number of anilines is 1. The fraction of sp³-hybridized carbons (Fsp3) is 0.533. The van der Waals surface area contributed by atoms with Crippen molar-refractivity contribution in [2.45, 2.75) is 32.7 Å². The minimum Gasteiger partial charge on any atom is -0.484 e. The number of nitrogens with two attached hydrogens (primary N) is 1. The van der Waals surface area contributed by atoms with Gasteiger partial charge in [0.05, 0.1) is 0 Å². The molecular formula is C15H22N2O2. The Morgan fingerprint density at radius 1 is 1.47 bits per heavy atom. The van der Waals surface area contributed by atoms with Crippen molar-refractivity contribution >= 4 is 11.6 Å². The van der Waals surface area contributed by atoms with E-state index < -0.39 is 0 Å². The van der Waals surface area contributed by atoms with Crippen LogP contribution in [-0.2, 0) is 4.79 Å². The van der Waals surface area contributed by atoms with Crippen LogP contribution in [-0.4, -0.2) is 30.0 Å². The van der Waals surface area contributed by atoms with E-state index in [-0.39, 0.29) is 12.5 Å². The van der Waals surface area contributed by atoms with Crippen molar-refractivity contribution in [1.82, 2.24) is 4.90 Å². The monoisotopic (exact) mass is 262 g/mol. The van der Waals surface area contributed by atoms with E-state index in [4.69, 9.17) is 10.5 Å². The third-order valence-corrected chi connectivity index (χ3v) is 3.68. The molecule has 2 atom stereocenters. The molecule has 4 heteroatoms. The van der Waals surface area contributed by atoms with Crippen molar-refractivity contribution in [3.05, 3.63) is 24.3 Å². The second-order valence-electron chi connectivity index (χ2n) is 5.43. The smallest absolute Gasteiger partial charge is 0.260 e. The van der Waals surface area contributed by atoms with Gasteiger partial charge in [0.1, 0.15) is 5.75 Å². The first-order valence-electron chi connectivity index (χ1n) is 6.84. The molecule has 4 nitrogen and oxygen atoms in total. The van der Waals surface area contributed by atoms with Gasteiger partial charge >= 0.3 is 0 Å². The summed E-state index contributed by atoms with van der Waals surface area (Å²) in [5, 5.41) is 0. The van der Waals surface area contributed by atoms with E-state index in [0.29, 0.717) is 23.4 Å². The number of hydrogen-bond acceptors (Lipinski definition) is 3. The van der Waals surface area contributed by atoms with Crippen molar-refractivity contribution in [2.75, 3.05) is 18.9 Å². The Bertz CT molecular complexity index is 448. The maximum Gasteiger partial charge on any atom is 0.260 e. The van der Waals surface area contributed by atoms with Gasteiger partial charge in [-0.2, -0.15) is 0 Å². The molecule has 104 valence electrons. The molecule has 19 heavy (non-hydrogen) atoms. The summed E-state index contributed by atoms with van der Waals surface area (Å²) < 4.78 is 5.51. The Morgan fingerprint density at radius 3 is 2.95 bits per heavy atom. The highest BCUT2D eigenvalue weighted by atomic mass is 16.5. The Labute approximate surface area is 114 Å². The number of ether oxygens (including phenoxy) is 1. The molecule has 1 heterocycles. The summed E-state index contributed by atoms with van der Waals surface area (Å²) in [5.74, 6) is 1.40. The van der Waals surface area contributed by atoms with E-state index in [1.807, 2.05) is 17.0 Å². The first-order valence-corrected chi connectivity index (χ1v) is 6.84. The van der Waals surface area contributed by atoms with Crippen LogP contribution in [0.3, 0.4) is 0 Å². The minimum atomic E-state index is 0.0572. The zero-order valence-electron chi connectivity index (χ0n) is 11.6. The summed E-state index contributed by atoms with van der Waals surface area (Å²) in [5.41, 5.74) is 6.31. The molecule has 0 aromatic heterocycles. The lowest BCUT2D eigenvalue weighted by Crippen LogP contribution is -2.46. The molecule has 2 rings (SSSR count). The summed E-state index contributed by atoms with van der Waals surface area (Å²) in [4.78, 5) is 14.1. The lowest BCUT2D eigenvalue weighted by atomic mass is 9.93. The Kier molecular flexibility index (Phi) is 4.30. The van der Waals surface area contributed by atoms with Crippen LogP contribution in [0, 0.1) is 5.92 Å². The van der Waals surface area contributed by atoms with Crippen LogP contribution in [0.25, 0.3) is 0 Å². The first-order chi connectivity index (χ1) is 9.06. The molecule has 1 amide bonds. The lowest BCUT2D eigenvalue weighted by molar-refractivity contribution is -0.137. The molecule has 1 aromatic rings. The van der Waals surface area contributed by atoms with Crippen molar-refractivity contribution in [3.63, 3.8) is 0 Å². The standard InChI is InChI=1S/C15H22N2O2/c1-11-6-7-17(12(2)8-11)15(18)10-19-14-5-3-4-13(16)9-14/h3-5,9,11-12H,6-8,10,16H2,1-2H3. The zero-order chi connectivity index (χ0) is 13.8. The number of piperidine rings is 1. The topological polar surface area (TPSA) is 55.6 Å². The fourth-order valence-electron chi connectivity index (χ4n) is 2.61.